The second-order valence-electron chi connectivity index (χ2n) is 5.34. The minimum absolute atomic E-state index is 0.364. The minimum atomic E-state index is -0.368. The average Bonchev–Trinajstić information content (AvgIpc) is 2.45. The predicted octanol–water partition coefficient (Wildman–Crippen LogP) is 5.22. The van der Waals surface area contributed by atoms with E-state index in [1.807, 2.05) is 0 Å². The summed E-state index contributed by atoms with van der Waals surface area (Å²) in [6.45, 7) is 2.68. The third-order valence-electron chi connectivity index (χ3n) is 3.46. The Hall–Kier alpha value is -1.22. The predicted molar refractivity (Wildman–Crippen MR) is 88.8 cm³/mol. The summed E-state index contributed by atoms with van der Waals surface area (Å²) in [4.78, 5) is 11.8. The first kappa shape index (κ1) is 17.8. The van der Waals surface area contributed by atoms with Crippen LogP contribution in [0.1, 0.15) is 68.6 Å². The van der Waals surface area contributed by atoms with Crippen LogP contribution < -0.4 is 5.73 Å². The van der Waals surface area contributed by atoms with Crippen LogP contribution in [0.3, 0.4) is 0 Å². The summed E-state index contributed by atoms with van der Waals surface area (Å²) in [6, 6.07) is 4.81. The molecule has 21 heavy (non-hydrogen) atoms. The zero-order valence-corrected chi connectivity index (χ0v) is 13.6. The van der Waals surface area contributed by atoms with Crippen molar-refractivity contribution in [2.45, 2.75) is 58.3 Å². The van der Waals surface area contributed by atoms with E-state index in [1.165, 1.54) is 38.5 Å². The first-order valence-electron chi connectivity index (χ1n) is 7.87. The van der Waals surface area contributed by atoms with E-state index in [0.717, 1.165) is 12.8 Å². The van der Waals surface area contributed by atoms with Crippen molar-refractivity contribution in [3.8, 4) is 0 Å². The highest BCUT2D eigenvalue weighted by molar-refractivity contribution is 6.31. The summed E-state index contributed by atoms with van der Waals surface area (Å²) in [5.41, 5.74) is 6.50. The molecule has 118 valence electrons. The van der Waals surface area contributed by atoms with Crippen molar-refractivity contribution in [3.05, 3.63) is 28.8 Å². The number of anilines is 1. The maximum Gasteiger partial charge on any atom is 0.340 e. The van der Waals surface area contributed by atoms with Gasteiger partial charge in [0.05, 0.1) is 12.2 Å². The van der Waals surface area contributed by atoms with Crippen LogP contribution >= 0.6 is 11.6 Å². The Kier molecular flexibility index (Phi) is 8.91. The Bertz CT molecular complexity index is 435. The van der Waals surface area contributed by atoms with Crippen molar-refractivity contribution < 1.29 is 9.53 Å². The molecule has 0 amide bonds. The SMILES string of the molecule is CCCCCCCCCCOC(=O)c1ccc(Cl)cc1N. The molecular formula is C17H26ClNO2. The van der Waals surface area contributed by atoms with E-state index >= 15 is 0 Å². The Morgan fingerprint density at radius 2 is 1.71 bits per heavy atom. The fraction of sp³-hybridized carbons (Fsp3) is 0.588. The topological polar surface area (TPSA) is 52.3 Å². The van der Waals surface area contributed by atoms with E-state index in [0.29, 0.717) is 22.9 Å². The van der Waals surface area contributed by atoms with Crippen LogP contribution in [0.2, 0.25) is 5.02 Å². The molecule has 0 aliphatic rings. The van der Waals surface area contributed by atoms with E-state index in [1.54, 1.807) is 18.2 Å². The summed E-state index contributed by atoms with van der Waals surface area (Å²) >= 11 is 5.80. The van der Waals surface area contributed by atoms with Gasteiger partial charge in [-0.3, -0.25) is 0 Å². The maximum absolute atomic E-state index is 11.8. The summed E-state index contributed by atoms with van der Waals surface area (Å²) in [7, 11) is 0. The fourth-order valence-electron chi connectivity index (χ4n) is 2.20. The smallest absolute Gasteiger partial charge is 0.340 e. The van der Waals surface area contributed by atoms with Gasteiger partial charge in [0.25, 0.3) is 0 Å². The van der Waals surface area contributed by atoms with Gasteiger partial charge in [0.15, 0.2) is 0 Å². The second kappa shape index (κ2) is 10.5. The number of unbranched alkanes of at least 4 members (excludes halogenated alkanes) is 7. The lowest BCUT2D eigenvalue weighted by Crippen LogP contribution is -2.09. The molecule has 0 aliphatic heterocycles. The minimum Gasteiger partial charge on any atom is -0.462 e. The number of nitrogen functional groups attached to an aromatic ring is 1. The lowest BCUT2D eigenvalue weighted by atomic mass is 10.1. The first-order valence-corrected chi connectivity index (χ1v) is 8.25. The number of carbonyl (C=O) groups excluding carboxylic acids is 1. The van der Waals surface area contributed by atoms with Crippen LogP contribution in [0, 0.1) is 0 Å². The zero-order chi connectivity index (χ0) is 15.5. The van der Waals surface area contributed by atoms with E-state index in [4.69, 9.17) is 22.1 Å². The molecule has 1 rings (SSSR count). The molecule has 0 saturated carbocycles. The van der Waals surface area contributed by atoms with Gasteiger partial charge in [-0.05, 0) is 24.6 Å². The molecule has 1 aromatic carbocycles. The molecule has 0 heterocycles. The highest BCUT2D eigenvalue weighted by Crippen LogP contribution is 2.19. The third-order valence-corrected chi connectivity index (χ3v) is 3.70. The van der Waals surface area contributed by atoms with Gasteiger partial charge in [-0.1, -0.05) is 63.5 Å². The van der Waals surface area contributed by atoms with Crippen LogP contribution in [-0.4, -0.2) is 12.6 Å². The van der Waals surface area contributed by atoms with Gasteiger partial charge in [0, 0.05) is 10.7 Å². The van der Waals surface area contributed by atoms with E-state index in [9.17, 15) is 4.79 Å². The standard InChI is InChI=1S/C17H26ClNO2/c1-2-3-4-5-6-7-8-9-12-21-17(20)15-11-10-14(18)13-16(15)19/h10-11,13H,2-9,12,19H2,1H3. The van der Waals surface area contributed by atoms with Gasteiger partial charge < -0.3 is 10.5 Å². The molecule has 0 aromatic heterocycles. The van der Waals surface area contributed by atoms with Crippen molar-refractivity contribution in [1.82, 2.24) is 0 Å². The molecule has 0 fully saturated rings. The number of rotatable bonds is 10. The number of benzene rings is 1. The average molecular weight is 312 g/mol. The van der Waals surface area contributed by atoms with Crippen LogP contribution in [0.15, 0.2) is 18.2 Å². The van der Waals surface area contributed by atoms with Crippen molar-refractivity contribution in [2.75, 3.05) is 12.3 Å². The van der Waals surface area contributed by atoms with Crippen LogP contribution in [0.4, 0.5) is 5.69 Å². The molecule has 0 saturated heterocycles. The Morgan fingerprint density at radius 3 is 2.33 bits per heavy atom. The highest BCUT2D eigenvalue weighted by Gasteiger charge is 2.10. The van der Waals surface area contributed by atoms with E-state index < -0.39 is 0 Å². The molecular weight excluding hydrogens is 286 g/mol. The summed E-state index contributed by atoms with van der Waals surface area (Å²) in [6.07, 6.45) is 9.77. The second-order valence-corrected chi connectivity index (χ2v) is 5.78. The number of ether oxygens (including phenoxy) is 1. The summed E-state index contributed by atoms with van der Waals surface area (Å²) in [5.74, 6) is -0.368. The zero-order valence-electron chi connectivity index (χ0n) is 12.9. The molecule has 2 N–H and O–H groups in total. The van der Waals surface area contributed by atoms with Crippen LogP contribution in [0.25, 0.3) is 0 Å². The number of hydrogen-bond acceptors (Lipinski definition) is 3. The molecule has 0 aliphatic carbocycles. The molecule has 3 nitrogen and oxygen atoms in total. The lowest BCUT2D eigenvalue weighted by Gasteiger charge is -2.07. The lowest BCUT2D eigenvalue weighted by molar-refractivity contribution is 0.0499. The number of halogens is 1. The van der Waals surface area contributed by atoms with E-state index in [-0.39, 0.29) is 5.97 Å². The van der Waals surface area contributed by atoms with Gasteiger partial charge in [-0.15, -0.1) is 0 Å². The first-order chi connectivity index (χ1) is 10.1. The number of carbonyl (C=O) groups is 1. The highest BCUT2D eigenvalue weighted by atomic mass is 35.5. The van der Waals surface area contributed by atoms with Gasteiger partial charge in [-0.2, -0.15) is 0 Å². The Balaban J connectivity index is 2.11. The third kappa shape index (κ3) is 7.37. The molecule has 0 unspecified atom stereocenters. The van der Waals surface area contributed by atoms with Gasteiger partial charge in [0.1, 0.15) is 0 Å². The molecule has 0 atom stereocenters. The normalized spacial score (nSPS) is 10.6. The van der Waals surface area contributed by atoms with Gasteiger partial charge in [0.2, 0.25) is 0 Å². The van der Waals surface area contributed by atoms with Gasteiger partial charge in [-0.25, -0.2) is 4.79 Å². The molecule has 4 heteroatoms. The Morgan fingerprint density at radius 1 is 1.10 bits per heavy atom. The number of nitrogens with two attached hydrogens (primary N) is 1. The number of esters is 1. The molecule has 0 spiro atoms. The van der Waals surface area contributed by atoms with Crippen molar-refractivity contribution >= 4 is 23.3 Å². The summed E-state index contributed by atoms with van der Waals surface area (Å²) in [5, 5.41) is 0.520. The monoisotopic (exact) mass is 311 g/mol. The molecule has 0 bridgehead atoms. The maximum atomic E-state index is 11.8. The molecule has 0 radical (unpaired) electrons. The van der Waals surface area contributed by atoms with Crippen molar-refractivity contribution in [1.29, 1.82) is 0 Å². The largest absolute Gasteiger partial charge is 0.462 e. The van der Waals surface area contributed by atoms with Crippen LogP contribution in [-0.2, 0) is 4.74 Å². The number of hydrogen-bond donors (Lipinski definition) is 1. The van der Waals surface area contributed by atoms with Crippen LogP contribution in [0.5, 0.6) is 0 Å². The fourth-order valence-corrected chi connectivity index (χ4v) is 2.38. The van der Waals surface area contributed by atoms with E-state index in [2.05, 4.69) is 6.92 Å². The quantitative estimate of drug-likeness (QED) is 0.366. The summed E-state index contributed by atoms with van der Waals surface area (Å²) < 4.78 is 5.23. The molecule has 1 aromatic rings. The Labute approximate surface area is 132 Å². The van der Waals surface area contributed by atoms with Crippen molar-refractivity contribution in [3.63, 3.8) is 0 Å². The van der Waals surface area contributed by atoms with Gasteiger partial charge >= 0.3 is 5.97 Å². The van der Waals surface area contributed by atoms with Crippen molar-refractivity contribution in [2.24, 2.45) is 0 Å².